The first-order valence-corrected chi connectivity index (χ1v) is 7.01. The van der Waals surface area contributed by atoms with E-state index in [9.17, 15) is 4.39 Å². The van der Waals surface area contributed by atoms with E-state index in [1.807, 2.05) is 32.4 Å². The van der Waals surface area contributed by atoms with Gasteiger partial charge in [0.15, 0.2) is 11.4 Å². The van der Waals surface area contributed by atoms with Crippen molar-refractivity contribution >= 4 is 11.0 Å². The number of rotatable bonds is 4. The third-order valence-electron chi connectivity index (χ3n) is 3.67. The van der Waals surface area contributed by atoms with Crippen LogP contribution in [-0.4, -0.2) is 16.8 Å². The van der Waals surface area contributed by atoms with Gasteiger partial charge in [0.2, 0.25) is 0 Å². The van der Waals surface area contributed by atoms with Gasteiger partial charge in [0.05, 0.1) is 11.7 Å². The summed E-state index contributed by atoms with van der Waals surface area (Å²) in [6.45, 7) is 2.07. The van der Waals surface area contributed by atoms with Gasteiger partial charge in [-0.05, 0) is 25.6 Å². The zero-order valence-corrected chi connectivity index (χ0v) is 12.4. The summed E-state index contributed by atoms with van der Waals surface area (Å²) in [7, 11) is 3.76. The molecule has 0 aliphatic carbocycles. The SMILES string of the molecule is CCc1nn(C)cc1C(NC)c1cc2cccc(F)c2o1. The minimum absolute atomic E-state index is 0.138. The lowest BCUT2D eigenvalue weighted by molar-refractivity contribution is 0.475. The van der Waals surface area contributed by atoms with Gasteiger partial charge in [0.25, 0.3) is 0 Å². The summed E-state index contributed by atoms with van der Waals surface area (Å²) < 4.78 is 21.3. The van der Waals surface area contributed by atoms with Crippen LogP contribution in [0.15, 0.2) is 34.9 Å². The van der Waals surface area contributed by atoms with Crippen molar-refractivity contribution in [2.24, 2.45) is 7.05 Å². The lowest BCUT2D eigenvalue weighted by Crippen LogP contribution is -2.17. The molecule has 0 aliphatic rings. The molecule has 5 heteroatoms. The molecule has 0 fully saturated rings. The summed E-state index contributed by atoms with van der Waals surface area (Å²) in [6.07, 6.45) is 2.81. The molecular formula is C16H18FN3O. The highest BCUT2D eigenvalue weighted by atomic mass is 19.1. The van der Waals surface area contributed by atoms with E-state index in [0.29, 0.717) is 11.3 Å². The maximum atomic E-state index is 13.8. The summed E-state index contributed by atoms with van der Waals surface area (Å²) in [5, 5.41) is 8.46. The first-order valence-electron chi connectivity index (χ1n) is 7.01. The molecule has 1 atom stereocenters. The largest absolute Gasteiger partial charge is 0.456 e. The lowest BCUT2D eigenvalue weighted by atomic mass is 10.0. The fourth-order valence-electron chi connectivity index (χ4n) is 2.71. The first-order chi connectivity index (χ1) is 10.1. The predicted molar refractivity (Wildman–Crippen MR) is 79.7 cm³/mol. The number of nitrogens with one attached hydrogen (secondary N) is 1. The van der Waals surface area contributed by atoms with Gasteiger partial charge >= 0.3 is 0 Å². The maximum absolute atomic E-state index is 13.8. The molecule has 1 unspecified atom stereocenters. The Bertz CT molecular complexity index is 775. The van der Waals surface area contributed by atoms with E-state index in [4.69, 9.17) is 4.42 Å². The molecule has 3 rings (SSSR count). The van der Waals surface area contributed by atoms with Crippen LogP contribution in [0.25, 0.3) is 11.0 Å². The Labute approximate surface area is 122 Å². The number of aromatic nitrogens is 2. The van der Waals surface area contributed by atoms with Gasteiger partial charge in [-0.2, -0.15) is 5.10 Å². The summed E-state index contributed by atoms with van der Waals surface area (Å²) in [4.78, 5) is 0. The number of hydrogen-bond acceptors (Lipinski definition) is 3. The highest BCUT2D eigenvalue weighted by Crippen LogP contribution is 2.30. The number of halogens is 1. The third-order valence-corrected chi connectivity index (χ3v) is 3.67. The van der Waals surface area contributed by atoms with Crippen molar-refractivity contribution in [1.82, 2.24) is 15.1 Å². The van der Waals surface area contributed by atoms with Crippen LogP contribution < -0.4 is 5.32 Å². The molecular weight excluding hydrogens is 269 g/mol. The Balaban J connectivity index is 2.11. The van der Waals surface area contributed by atoms with E-state index in [1.54, 1.807) is 10.7 Å². The highest BCUT2D eigenvalue weighted by molar-refractivity contribution is 5.78. The molecule has 0 radical (unpaired) electrons. The fourth-order valence-corrected chi connectivity index (χ4v) is 2.71. The minimum atomic E-state index is -0.337. The monoisotopic (exact) mass is 287 g/mol. The predicted octanol–water partition coefficient (Wildman–Crippen LogP) is 3.18. The molecule has 0 spiro atoms. The molecule has 0 saturated heterocycles. The fraction of sp³-hybridized carbons (Fsp3) is 0.312. The zero-order chi connectivity index (χ0) is 15.0. The van der Waals surface area contributed by atoms with Crippen LogP contribution >= 0.6 is 0 Å². The van der Waals surface area contributed by atoms with Crippen LogP contribution in [0.3, 0.4) is 0 Å². The van der Waals surface area contributed by atoms with Crippen LogP contribution in [0.1, 0.15) is 30.0 Å². The number of benzene rings is 1. The molecule has 1 aromatic carbocycles. The second-order valence-electron chi connectivity index (χ2n) is 5.09. The summed E-state index contributed by atoms with van der Waals surface area (Å²) in [5.41, 5.74) is 2.37. The topological polar surface area (TPSA) is 43.0 Å². The van der Waals surface area contributed by atoms with Gasteiger partial charge in [-0.15, -0.1) is 0 Å². The second-order valence-corrected chi connectivity index (χ2v) is 5.09. The number of hydrogen-bond donors (Lipinski definition) is 1. The normalized spacial score (nSPS) is 13.0. The Kier molecular flexibility index (Phi) is 3.51. The first kappa shape index (κ1) is 13.8. The minimum Gasteiger partial charge on any atom is -0.456 e. The summed E-state index contributed by atoms with van der Waals surface area (Å²) in [6, 6.07) is 6.69. The number of fused-ring (bicyclic) bond motifs is 1. The van der Waals surface area contributed by atoms with Crippen molar-refractivity contribution in [2.75, 3.05) is 7.05 Å². The highest BCUT2D eigenvalue weighted by Gasteiger charge is 2.22. The van der Waals surface area contributed by atoms with Crippen LogP contribution in [0, 0.1) is 5.82 Å². The average Bonchev–Trinajstić information content (AvgIpc) is 3.04. The van der Waals surface area contributed by atoms with E-state index in [-0.39, 0.29) is 11.9 Å². The number of para-hydroxylation sites is 1. The smallest absolute Gasteiger partial charge is 0.169 e. The Hall–Kier alpha value is -2.14. The number of aryl methyl sites for hydroxylation is 2. The van der Waals surface area contributed by atoms with E-state index in [2.05, 4.69) is 17.3 Å². The van der Waals surface area contributed by atoms with Gasteiger partial charge in [-0.25, -0.2) is 4.39 Å². The van der Waals surface area contributed by atoms with Gasteiger partial charge in [0, 0.05) is 24.2 Å². The third kappa shape index (κ3) is 2.34. The Morgan fingerprint density at radius 1 is 1.43 bits per heavy atom. The molecule has 110 valence electrons. The van der Waals surface area contributed by atoms with Gasteiger partial charge < -0.3 is 9.73 Å². The van der Waals surface area contributed by atoms with Gasteiger partial charge in [0.1, 0.15) is 5.76 Å². The van der Waals surface area contributed by atoms with E-state index in [0.717, 1.165) is 23.1 Å². The van der Waals surface area contributed by atoms with Crippen LogP contribution in [0.4, 0.5) is 4.39 Å². The maximum Gasteiger partial charge on any atom is 0.169 e. The van der Waals surface area contributed by atoms with Crippen LogP contribution in [-0.2, 0) is 13.5 Å². The standard InChI is InChI=1S/C16H18FN3O/c1-4-13-11(9-20(3)19-13)15(18-2)14-8-10-6-5-7-12(17)16(10)21-14/h5-9,15,18H,4H2,1-3H3. The van der Waals surface area contributed by atoms with E-state index < -0.39 is 0 Å². The van der Waals surface area contributed by atoms with Crippen LogP contribution in [0.5, 0.6) is 0 Å². The van der Waals surface area contributed by atoms with Crippen molar-refractivity contribution in [3.8, 4) is 0 Å². The Morgan fingerprint density at radius 3 is 2.90 bits per heavy atom. The van der Waals surface area contributed by atoms with Crippen molar-refractivity contribution < 1.29 is 8.81 Å². The van der Waals surface area contributed by atoms with E-state index >= 15 is 0 Å². The molecule has 0 bridgehead atoms. The molecule has 3 aromatic rings. The molecule has 0 saturated carbocycles. The van der Waals surface area contributed by atoms with Crippen molar-refractivity contribution in [3.05, 3.63) is 53.3 Å². The quantitative estimate of drug-likeness (QED) is 0.801. The Morgan fingerprint density at radius 2 is 2.24 bits per heavy atom. The number of nitrogens with zero attached hydrogens (tertiary/aromatic N) is 2. The molecule has 2 aromatic heterocycles. The molecule has 2 heterocycles. The van der Waals surface area contributed by atoms with Gasteiger partial charge in [-0.1, -0.05) is 19.1 Å². The molecule has 4 nitrogen and oxygen atoms in total. The number of furan rings is 1. The second kappa shape index (κ2) is 5.33. The van der Waals surface area contributed by atoms with Crippen molar-refractivity contribution in [3.63, 3.8) is 0 Å². The van der Waals surface area contributed by atoms with E-state index in [1.165, 1.54) is 6.07 Å². The van der Waals surface area contributed by atoms with Crippen LogP contribution in [0.2, 0.25) is 0 Å². The van der Waals surface area contributed by atoms with Crippen molar-refractivity contribution in [2.45, 2.75) is 19.4 Å². The average molecular weight is 287 g/mol. The lowest BCUT2D eigenvalue weighted by Gasteiger charge is -2.13. The summed E-state index contributed by atoms with van der Waals surface area (Å²) in [5.74, 6) is 0.357. The molecule has 0 aliphatic heterocycles. The molecule has 1 N–H and O–H groups in total. The molecule has 21 heavy (non-hydrogen) atoms. The zero-order valence-electron chi connectivity index (χ0n) is 12.4. The van der Waals surface area contributed by atoms with Gasteiger partial charge in [-0.3, -0.25) is 4.68 Å². The molecule has 0 amide bonds. The summed E-state index contributed by atoms with van der Waals surface area (Å²) >= 11 is 0. The van der Waals surface area contributed by atoms with Crippen molar-refractivity contribution in [1.29, 1.82) is 0 Å².